The molecule has 0 bridgehead atoms. The Bertz CT molecular complexity index is 926. The summed E-state index contributed by atoms with van der Waals surface area (Å²) < 4.78 is 1.48. The molecule has 0 spiro atoms. The van der Waals surface area contributed by atoms with Gasteiger partial charge in [-0.25, -0.2) is 4.98 Å². The smallest absolute Gasteiger partial charge is 0.298 e. The van der Waals surface area contributed by atoms with Crippen molar-refractivity contribution in [3.8, 4) is 5.69 Å². The first-order valence-electron chi connectivity index (χ1n) is 7.57. The summed E-state index contributed by atoms with van der Waals surface area (Å²) in [5, 5.41) is 2.58. The lowest BCUT2D eigenvalue weighted by Crippen LogP contribution is -2.26. The summed E-state index contributed by atoms with van der Waals surface area (Å²) in [5.74, 6) is -0.358. The topological polar surface area (TPSA) is 64.0 Å². The van der Waals surface area contributed by atoms with Gasteiger partial charge in [-0.3, -0.25) is 14.2 Å². The second-order valence-corrected chi connectivity index (χ2v) is 5.62. The molecule has 0 saturated carbocycles. The predicted molar refractivity (Wildman–Crippen MR) is 93.7 cm³/mol. The summed E-state index contributed by atoms with van der Waals surface area (Å²) in [6.07, 6.45) is 3.09. The van der Waals surface area contributed by atoms with Gasteiger partial charge >= 0.3 is 0 Å². The Morgan fingerprint density at radius 1 is 1.04 bits per heavy atom. The Labute approximate surface area is 139 Å². The summed E-state index contributed by atoms with van der Waals surface area (Å²) in [4.78, 5) is 28.9. The standard InChI is InChI=1S/C19H17N3O2/c1-13-10-14(2)12-16(11-13)22-9-8-20-17(19(22)24)21-18(23)15-6-4-3-5-7-15/h3-12H,1-2H3,(H,20,21,23). The first-order chi connectivity index (χ1) is 11.5. The molecule has 3 rings (SSSR count). The van der Waals surface area contributed by atoms with E-state index in [9.17, 15) is 9.59 Å². The first kappa shape index (κ1) is 15.7. The number of nitrogens with one attached hydrogen (secondary N) is 1. The molecular formula is C19H17N3O2. The molecule has 0 radical (unpaired) electrons. The van der Waals surface area contributed by atoms with Gasteiger partial charge in [-0.2, -0.15) is 0 Å². The van der Waals surface area contributed by atoms with E-state index < -0.39 is 0 Å². The molecule has 3 aromatic rings. The molecule has 0 unspecified atom stereocenters. The largest absolute Gasteiger partial charge is 0.302 e. The van der Waals surface area contributed by atoms with E-state index in [4.69, 9.17) is 0 Å². The second kappa shape index (κ2) is 6.50. The van der Waals surface area contributed by atoms with Crippen molar-refractivity contribution >= 4 is 11.7 Å². The summed E-state index contributed by atoms with van der Waals surface area (Å²) >= 11 is 0. The lowest BCUT2D eigenvalue weighted by molar-refractivity contribution is 0.102. The fourth-order valence-electron chi connectivity index (χ4n) is 2.56. The number of anilines is 1. The van der Waals surface area contributed by atoms with Gasteiger partial charge in [0.25, 0.3) is 11.5 Å². The fraction of sp³-hybridized carbons (Fsp3) is 0.105. The normalized spacial score (nSPS) is 10.4. The van der Waals surface area contributed by atoms with Crippen molar-refractivity contribution in [2.75, 3.05) is 5.32 Å². The Hall–Kier alpha value is -3.21. The number of hydrogen-bond acceptors (Lipinski definition) is 3. The van der Waals surface area contributed by atoms with Crippen LogP contribution in [-0.4, -0.2) is 15.5 Å². The predicted octanol–water partition coefficient (Wildman–Crippen LogP) is 3.10. The molecule has 0 atom stereocenters. The van der Waals surface area contributed by atoms with Gasteiger partial charge in [0.2, 0.25) is 0 Å². The highest BCUT2D eigenvalue weighted by Gasteiger charge is 2.11. The number of nitrogens with zero attached hydrogens (tertiary/aromatic N) is 2. The van der Waals surface area contributed by atoms with Gasteiger partial charge < -0.3 is 5.32 Å². The van der Waals surface area contributed by atoms with Crippen molar-refractivity contribution in [1.82, 2.24) is 9.55 Å². The zero-order valence-electron chi connectivity index (χ0n) is 13.5. The number of carbonyl (C=O) groups excluding carboxylic acids is 1. The molecule has 120 valence electrons. The van der Waals surface area contributed by atoms with Crippen LogP contribution >= 0.6 is 0 Å². The quantitative estimate of drug-likeness (QED) is 0.807. The minimum Gasteiger partial charge on any atom is -0.302 e. The third-order valence-corrected chi connectivity index (χ3v) is 3.59. The molecule has 5 nitrogen and oxygen atoms in total. The van der Waals surface area contributed by atoms with Gasteiger partial charge in [0, 0.05) is 23.6 Å². The molecule has 0 aliphatic carbocycles. The molecule has 1 aromatic heterocycles. The number of aromatic nitrogens is 2. The molecule has 2 aromatic carbocycles. The van der Waals surface area contributed by atoms with Crippen molar-refractivity contribution in [1.29, 1.82) is 0 Å². The van der Waals surface area contributed by atoms with Crippen molar-refractivity contribution in [2.24, 2.45) is 0 Å². The van der Waals surface area contributed by atoms with Crippen LogP contribution in [0.25, 0.3) is 5.69 Å². The van der Waals surface area contributed by atoms with Crippen molar-refractivity contribution in [2.45, 2.75) is 13.8 Å². The fourth-order valence-corrected chi connectivity index (χ4v) is 2.56. The van der Waals surface area contributed by atoms with Crippen LogP contribution in [0.5, 0.6) is 0 Å². The number of benzene rings is 2. The summed E-state index contributed by atoms with van der Waals surface area (Å²) in [7, 11) is 0. The number of hydrogen-bond donors (Lipinski definition) is 1. The average Bonchev–Trinajstić information content (AvgIpc) is 2.56. The zero-order valence-corrected chi connectivity index (χ0v) is 13.5. The number of rotatable bonds is 3. The van der Waals surface area contributed by atoms with E-state index in [1.807, 2.05) is 38.1 Å². The molecular weight excluding hydrogens is 302 g/mol. The van der Waals surface area contributed by atoms with Crippen LogP contribution in [0, 0.1) is 13.8 Å². The summed E-state index contributed by atoms with van der Waals surface area (Å²) in [5.41, 5.74) is 2.97. The van der Waals surface area contributed by atoms with Crippen LogP contribution < -0.4 is 10.9 Å². The maximum atomic E-state index is 12.6. The van der Waals surface area contributed by atoms with Crippen molar-refractivity contribution in [3.63, 3.8) is 0 Å². The van der Waals surface area contributed by atoms with Crippen LogP contribution in [0.2, 0.25) is 0 Å². The molecule has 0 fully saturated rings. The van der Waals surface area contributed by atoms with E-state index in [0.717, 1.165) is 16.8 Å². The van der Waals surface area contributed by atoms with E-state index >= 15 is 0 Å². The van der Waals surface area contributed by atoms with Crippen LogP contribution in [0.1, 0.15) is 21.5 Å². The highest BCUT2D eigenvalue weighted by molar-refractivity contribution is 6.03. The van der Waals surface area contributed by atoms with Gasteiger partial charge in [-0.15, -0.1) is 0 Å². The van der Waals surface area contributed by atoms with Crippen molar-refractivity contribution in [3.05, 3.63) is 88.0 Å². The van der Waals surface area contributed by atoms with E-state index in [1.54, 1.807) is 30.5 Å². The molecule has 0 aliphatic rings. The SMILES string of the molecule is Cc1cc(C)cc(-n2ccnc(NC(=O)c3ccccc3)c2=O)c1. The number of amides is 1. The van der Waals surface area contributed by atoms with Crippen LogP contribution in [0.15, 0.2) is 65.7 Å². The van der Waals surface area contributed by atoms with Crippen LogP contribution in [0.4, 0.5) is 5.82 Å². The number of carbonyl (C=O) groups is 1. The molecule has 1 amide bonds. The molecule has 1 heterocycles. The molecule has 5 heteroatoms. The maximum Gasteiger partial charge on any atom is 0.298 e. The van der Waals surface area contributed by atoms with Gasteiger partial charge in [-0.1, -0.05) is 24.3 Å². The zero-order chi connectivity index (χ0) is 17.1. The number of aryl methyl sites for hydroxylation is 2. The Kier molecular flexibility index (Phi) is 4.24. The molecule has 0 saturated heterocycles. The van der Waals surface area contributed by atoms with E-state index in [1.165, 1.54) is 10.8 Å². The highest BCUT2D eigenvalue weighted by atomic mass is 16.2. The lowest BCUT2D eigenvalue weighted by atomic mass is 10.1. The van der Waals surface area contributed by atoms with Gasteiger partial charge in [0.05, 0.1) is 0 Å². The Morgan fingerprint density at radius 3 is 2.38 bits per heavy atom. The molecule has 24 heavy (non-hydrogen) atoms. The van der Waals surface area contributed by atoms with Gasteiger partial charge in [0.1, 0.15) is 0 Å². The summed E-state index contributed by atoms with van der Waals surface area (Å²) in [6.45, 7) is 3.95. The van der Waals surface area contributed by atoms with Crippen LogP contribution in [0.3, 0.4) is 0 Å². The third kappa shape index (κ3) is 3.25. The monoisotopic (exact) mass is 319 g/mol. The third-order valence-electron chi connectivity index (χ3n) is 3.59. The van der Waals surface area contributed by atoms with Crippen LogP contribution in [-0.2, 0) is 0 Å². The summed E-state index contributed by atoms with van der Waals surface area (Å²) in [6, 6.07) is 14.6. The minimum atomic E-state index is -0.369. The minimum absolute atomic E-state index is 0.00510. The lowest BCUT2D eigenvalue weighted by Gasteiger charge is -2.10. The van der Waals surface area contributed by atoms with E-state index in [2.05, 4.69) is 10.3 Å². The maximum absolute atomic E-state index is 12.6. The van der Waals surface area contributed by atoms with Crippen molar-refractivity contribution < 1.29 is 4.79 Å². The molecule has 1 N–H and O–H groups in total. The van der Waals surface area contributed by atoms with E-state index in [-0.39, 0.29) is 17.3 Å². The second-order valence-electron chi connectivity index (χ2n) is 5.62. The average molecular weight is 319 g/mol. The van der Waals surface area contributed by atoms with Gasteiger partial charge in [-0.05, 0) is 49.2 Å². The van der Waals surface area contributed by atoms with E-state index in [0.29, 0.717) is 5.56 Å². The van der Waals surface area contributed by atoms with Gasteiger partial charge in [0.15, 0.2) is 5.82 Å². The Morgan fingerprint density at radius 2 is 1.71 bits per heavy atom. The Balaban J connectivity index is 1.97. The first-order valence-corrected chi connectivity index (χ1v) is 7.57. The molecule has 0 aliphatic heterocycles. The highest BCUT2D eigenvalue weighted by Crippen LogP contribution is 2.12.